The Bertz CT molecular complexity index is 485. The van der Waals surface area contributed by atoms with E-state index in [1.807, 2.05) is 0 Å². The second-order valence-electron chi connectivity index (χ2n) is 3.91. The molecule has 0 bridgehead atoms. The largest absolute Gasteiger partial charge is 0.277 e. The van der Waals surface area contributed by atoms with Crippen molar-refractivity contribution in [3.63, 3.8) is 0 Å². The SMILES string of the molecule is NS(=O)(=O)N(Cc1ccccc1F)C1CC1. The molecule has 16 heavy (non-hydrogen) atoms. The first kappa shape index (κ1) is 11.5. The molecule has 0 heterocycles. The highest BCUT2D eigenvalue weighted by Crippen LogP contribution is 2.30. The molecule has 4 nitrogen and oxygen atoms in total. The highest BCUT2D eigenvalue weighted by atomic mass is 32.2. The Hall–Kier alpha value is -0.980. The normalized spacial score (nSPS) is 16.7. The molecule has 0 radical (unpaired) electrons. The van der Waals surface area contributed by atoms with Gasteiger partial charge in [0.2, 0.25) is 0 Å². The molecule has 1 aliphatic rings. The van der Waals surface area contributed by atoms with Crippen LogP contribution < -0.4 is 5.14 Å². The number of benzene rings is 1. The fourth-order valence-electron chi connectivity index (χ4n) is 1.58. The van der Waals surface area contributed by atoms with Crippen LogP contribution in [-0.4, -0.2) is 18.8 Å². The second kappa shape index (κ2) is 4.12. The molecular formula is C10H13FN2O2S. The van der Waals surface area contributed by atoms with Gasteiger partial charge in [0.05, 0.1) is 0 Å². The van der Waals surface area contributed by atoms with Gasteiger partial charge in [-0.15, -0.1) is 0 Å². The van der Waals surface area contributed by atoms with Gasteiger partial charge in [0.1, 0.15) is 5.82 Å². The summed E-state index contributed by atoms with van der Waals surface area (Å²) in [6.07, 6.45) is 1.59. The smallest absolute Gasteiger partial charge is 0.216 e. The van der Waals surface area contributed by atoms with Crippen LogP contribution in [0, 0.1) is 5.82 Å². The van der Waals surface area contributed by atoms with E-state index in [-0.39, 0.29) is 12.6 Å². The molecule has 0 amide bonds. The maximum Gasteiger partial charge on any atom is 0.277 e. The number of nitrogens with two attached hydrogens (primary N) is 1. The lowest BCUT2D eigenvalue weighted by atomic mass is 10.2. The third kappa shape index (κ3) is 2.58. The van der Waals surface area contributed by atoms with Crippen molar-refractivity contribution in [2.75, 3.05) is 0 Å². The summed E-state index contributed by atoms with van der Waals surface area (Å²) >= 11 is 0. The average molecular weight is 244 g/mol. The molecule has 0 unspecified atom stereocenters. The molecule has 1 aromatic carbocycles. The summed E-state index contributed by atoms with van der Waals surface area (Å²) in [5, 5.41) is 5.09. The Morgan fingerprint density at radius 2 is 2.00 bits per heavy atom. The van der Waals surface area contributed by atoms with Crippen molar-refractivity contribution in [3.8, 4) is 0 Å². The molecule has 1 aromatic rings. The zero-order valence-corrected chi connectivity index (χ0v) is 9.45. The first-order valence-electron chi connectivity index (χ1n) is 5.01. The van der Waals surface area contributed by atoms with E-state index < -0.39 is 16.0 Å². The van der Waals surface area contributed by atoms with Crippen molar-refractivity contribution < 1.29 is 12.8 Å². The van der Waals surface area contributed by atoms with Crippen molar-refractivity contribution in [2.24, 2.45) is 5.14 Å². The van der Waals surface area contributed by atoms with Crippen LogP contribution in [-0.2, 0) is 16.8 Å². The lowest BCUT2D eigenvalue weighted by Crippen LogP contribution is -2.38. The van der Waals surface area contributed by atoms with E-state index in [1.54, 1.807) is 18.2 Å². The summed E-state index contributed by atoms with van der Waals surface area (Å²) in [5.41, 5.74) is 0.350. The molecule has 1 aliphatic carbocycles. The predicted molar refractivity (Wildman–Crippen MR) is 58.1 cm³/mol. The van der Waals surface area contributed by atoms with Crippen molar-refractivity contribution in [1.29, 1.82) is 0 Å². The third-order valence-electron chi connectivity index (χ3n) is 2.57. The van der Waals surface area contributed by atoms with Gasteiger partial charge in [-0.1, -0.05) is 18.2 Å². The maximum absolute atomic E-state index is 13.4. The van der Waals surface area contributed by atoms with Crippen molar-refractivity contribution in [1.82, 2.24) is 4.31 Å². The first-order valence-corrected chi connectivity index (χ1v) is 6.52. The molecule has 0 aliphatic heterocycles. The summed E-state index contributed by atoms with van der Waals surface area (Å²) in [4.78, 5) is 0. The summed E-state index contributed by atoms with van der Waals surface area (Å²) < 4.78 is 37.1. The molecule has 2 rings (SSSR count). The average Bonchev–Trinajstić information content (AvgIpc) is 2.98. The zero-order valence-electron chi connectivity index (χ0n) is 8.64. The third-order valence-corrected chi connectivity index (χ3v) is 3.65. The van der Waals surface area contributed by atoms with Gasteiger partial charge >= 0.3 is 0 Å². The number of nitrogens with zero attached hydrogens (tertiary/aromatic N) is 1. The fraction of sp³-hybridized carbons (Fsp3) is 0.400. The molecule has 0 spiro atoms. The maximum atomic E-state index is 13.4. The van der Waals surface area contributed by atoms with Gasteiger partial charge in [-0.3, -0.25) is 0 Å². The van der Waals surface area contributed by atoms with E-state index in [1.165, 1.54) is 6.07 Å². The van der Waals surface area contributed by atoms with Crippen LogP contribution >= 0.6 is 0 Å². The van der Waals surface area contributed by atoms with Crippen molar-refractivity contribution >= 4 is 10.2 Å². The monoisotopic (exact) mass is 244 g/mol. The Balaban J connectivity index is 2.22. The van der Waals surface area contributed by atoms with Gasteiger partial charge in [-0.25, -0.2) is 9.53 Å². The molecule has 1 saturated carbocycles. The van der Waals surface area contributed by atoms with E-state index in [4.69, 9.17) is 5.14 Å². The van der Waals surface area contributed by atoms with E-state index in [0.29, 0.717) is 5.56 Å². The number of hydrogen-bond donors (Lipinski definition) is 1. The van der Waals surface area contributed by atoms with Gasteiger partial charge < -0.3 is 0 Å². The minimum atomic E-state index is -3.75. The van der Waals surface area contributed by atoms with Crippen LogP contribution in [0.1, 0.15) is 18.4 Å². The van der Waals surface area contributed by atoms with E-state index in [2.05, 4.69) is 0 Å². The van der Waals surface area contributed by atoms with Crippen molar-refractivity contribution in [2.45, 2.75) is 25.4 Å². The van der Waals surface area contributed by atoms with Crippen LogP contribution in [0.2, 0.25) is 0 Å². The topological polar surface area (TPSA) is 63.4 Å². The summed E-state index contributed by atoms with van der Waals surface area (Å²) in [5.74, 6) is -0.406. The van der Waals surface area contributed by atoms with Crippen LogP contribution in [0.15, 0.2) is 24.3 Å². The minimum Gasteiger partial charge on any atom is -0.216 e. The summed E-state index contributed by atoms with van der Waals surface area (Å²) in [6.45, 7) is 0.0101. The zero-order chi connectivity index (χ0) is 11.8. The minimum absolute atomic E-state index is 0.0101. The van der Waals surface area contributed by atoms with Crippen molar-refractivity contribution in [3.05, 3.63) is 35.6 Å². The Labute approximate surface area is 94.0 Å². The highest BCUT2D eigenvalue weighted by molar-refractivity contribution is 7.86. The Morgan fingerprint density at radius 1 is 1.38 bits per heavy atom. The Morgan fingerprint density at radius 3 is 2.50 bits per heavy atom. The van der Waals surface area contributed by atoms with Gasteiger partial charge in [0.15, 0.2) is 0 Å². The van der Waals surface area contributed by atoms with Gasteiger partial charge in [-0.2, -0.15) is 12.7 Å². The molecule has 88 valence electrons. The molecule has 1 fully saturated rings. The molecule has 2 N–H and O–H groups in total. The van der Waals surface area contributed by atoms with Gasteiger partial charge in [0.25, 0.3) is 10.2 Å². The molecule has 0 aromatic heterocycles. The highest BCUT2D eigenvalue weighted by Gasteiger charge is 2.35. The second-order valence-corrected chi connectivity index (χ2v) is 5.41. The Kier molecular flexibility index (Phi) is 2.96. The fourth-order valence-corrected chi connectivity index (χ4v) is 2.53. The standard InChI is InChI=1S/C10H13FN2O2S/c11-10-4-2-1-3-8(10)7-13(9-5-6-9)16(12,14)15/h1-4,9H,5-7H2,(H2,12,14,15). The van der Waals surface area contributed by atoms with E-state index in [0.717, 1.165) is 17.1 Å². The number of halogens is 1. The van der Waals surface area contributed by atoms with Crippen LogP contribution in [0.25, 0.3) is 0 Å². The lowest BCUT2D eigenvalue weighted by molar-refractivity contribution is 0.392. The number of rotatable bonds is 4. The van der Waals surface area contributed by atoms with Gasteiger partial charge in [-0.05, 0) is 18.9 Å². The van der Waals surface area contributed by atoms with Crippen LogP contribution in [0.5, 0.6) is 0 Å². The molecule has 0 atom stereocenters. The summed E-state index contributed by atoms with van der Waals surface area (Å²) in [7, 11) is -3.75. The lowest BCUT2D eigenvalue weighted by Gasteiger charge is -2.18. The van der Waals surface area contributed by atoms with E-state index >= 15 is 0 Å². The predicted octanol–water partition coefficient (Wildman–Crippen LogP) is 0.994. The van der Waals surface area contributed by atoms with Crippen LogP contribution in [0.3, 0.4) is 0 Å². The summed E-state index contributed by atoms with van der Waals surface area (Å²) in [6, 6.07) is 6.05. The quantitative estimate of drug-likeness (QED) is 0.858. The van der Waals surface area contributed by atoms with Crippen LogP contribution in [0.4, 0.5) is 4.39 Å². The first-order chi connectivity index (χ1) is 7.48. The molecular weight excluding hydrogens is 231 g/mol. The number of hydrogen-bond acceptors (Lipinski definition) is 2. The molecule has 6 heteroatoms. The molecule has 0 saturated heterocycles. The van der Waals surface area contributed by atoms with Gasteiger partial charge in [0, 0.05) is 18.2 Å². The van der Waals surface area contributed by atoms with E-state index in [9.17, 15) is 12.8 Å².